The lowest BCUT2D eigenvalue weighted by molar-refractivity contribution is -0.0993. The summed E-state index contributed by atoms with van der Waals surface area (Å²) in [5, 5.41) is 0. The second-order valence-electron chi connectivity index (χ2n) is 9.31. The standard InChI is InChI=1S/C23H33NO2/c1-4-21(23-12-17-9-18(13-23)11-19(10-17)14-23)24(2)15-16-5-7-20(8-6-16)22(25)26-3/h5-8,17-19,21H,4,9-15H2,1-3H3. The minimum atomic E-state index is -0.259. The van der Waals surface area contributed by atoms with Crippen LogP contribution < -0.4 is 0 Å². The molecule has 4 saturated carbocycles. The van der Waals surface area contributed by atoms with Gasteiger partial charge in [0.25, 0.3) is 0 Å². The number of hydrogen-bond acceptors (Lipinski definition) is 3. The third-order valence-corrected chi connectivity index (χ3v) is 7.52. The third-order valence-electron chi connectivity index (χ3n) is 7.52. The molecule has 3 heteroatoms. The van der Waals surface area contributed by atoms with Crippen LogP contribution in [0.2, 0.25) is 0 Å². The molecule has 4 fully saturated rings. The van der Waals surface area contributed by atoms with Crippen LogP contribution in [0.1, 0.15) is 67.8 Å². The van der Waals surface area contributed by atoms with Crippen molar-refractivity contribution in [3.05, 3.63) is 35.4 Å². The van der Waals surface area contributed by atoms with Crippen LogP contribution in [0.25, 0.3) is 0 Å². The van der Waals surface area contributed by atoms with Crippen LogP contribution in [0, 0.1) is 23.2 Å². The lowest BCUT2D eigenvalue weighted by Crippen LogP contribution is -2.55. The predicted octanol–water partition coefficient (Wildman–Crippen LogP) is 4.90. The highest BCUT2D eigenvalue weighted by molar-refractivity contribution is 5.89. The zero-order valence-corrected chi connectivity index (χ0v) is 16.5. The van der Waals surface area contributed by atoms with Crippen LogP contribution in [-0.2, 0) is 11.3 Å². The van der Waals surface area contributed by atoms with Gasteiger partial charge in [0, 0.05) is 12.6 Å². The number of carbonyl (C=O) groups is 1. The van der Waals surface area contributed by atoms with E-state index in [9.17, 15) is 4.79 Å². The van der Waals surface area contributed by atoms with E-state index in [1.165, 1.54) is 57.6 Å². The van der Waals surface area contributed by atoms with Gasteiger partial charge in [-0.05, 0) is 92.9 Å². The number of nitrogens with zero attached hydrogens (tertiary/aromatic N) is 1. The fourth-order valence-corrected chi connectivity index (χ4v) is 7.06. The Morgan fingerprint density at radius 3 is 2.12 bits per heavy atom. The Bertz CT molecular complexity index is 615. The van der Waals surface area contributed by atoms with Crippen molar-refractivity contribution in [1.82, 2.24) is 4.90 Å². The van der Waals surface area contributed by atoms with Crippen LogP contribution in [0.5, 0.6) is 0 Å². The van der Waals surface area contributed by atoms with Crippen molar-refractivity contribution >= 4 is 5.97 Å². The van der Waals surface area contributed by atoms with Crippen molar-refractivity contribution in [2.24, 2.45) is 23.2 Å². The molecule has 5 rings (SSSR count). The van der Waals surface area contributed by atoms with E-state index in [4.69, 9.17) is 4.74 Å². The molecule has 0 radical (unpaired) electrons. The van der Waals surface area contributed by atoms with Crippen molar-refractivity contribution in [2.75, 3.05) is 14.2 Å². The molecule has 0 saturated heterocycles. The normalized spacial score (nSPS) is 33.5. The van der Waals surface area contributed by atoms with Crippen molar-refractivity contribution in [2.45, 2.75) is 64.5 Å². The second-order valence-corrected chi connectivity index (χ2v) is 9.31. The summed E-state index contributed by atoms with van der Waals surface area (Å²) < 4.78 is 4.80. The first-order chi connectivity index (χ1) is 12.5. The van der Waals surface area contributed by atoms with E-state index in [1.807, 2.05) is 12.1 Å². The second kappa shape index (κ2) is 6.99. The van der Waals surface area contributed by atoms with E-state index < -0.39 is 0 Å². The van der Waals surface area contributed by atoms with E-state index in [2.05, 4.69) is 31.0 Å². The van der Waals surface area contributed by atoms with E-state index in [-0.39, 0.29) is 5.97 Å². The quantitative estimate of drug-likeness (QED) is 0.680. The summed E-state index contributed by atoms with van der Waals surface area (Å²) in [6, 6.07) is 8.61. The number of methoxy groups -OCH3 is 1. The SMILES string of the molecule is CCC(N(C)Cc1ccc(C(=O)OC)cc1)C12CC3CC(CC(C3)C1)C2. The number of benzene rings is 1. The minimum Gasteiger partial charge on any atom is -0.465 e. The van der Waals surface area contributed by atoms with Gasteiger partial charge in [0.15, 0.2) is 0 Å². The number of esters is 1. The first-order valence-corrected chi connectivity index (χ1v) is 10.4. The molecule has 0 spiro atoms. The molecular formula is C23H33NO2. The Morgan fingerprint density at radius 2 is 1.65 bits per heavy atom. The Hall–Kier alpha value is -1.35. The highest BCUT2D eigenvalue weighted by atomic mass is 16.5. The molecule has 0 amide bonds. The summed E-state index contributed by atoms with van der Waals surface area (Å²) >= 11 is 0. The molecule has 1 unspecified atom stereocenters. The number of ether oxygens (including phenoxy) is 1. The van der Waals surface area contributed by atoms with Crippen molar-refractivity contribution < 1.29 is 9.53 Å². The zero-order chi connectivity index (χ0) is 18.3. The molecule has 1 aromatic carbocycles. The highest BCUT2D eigenvalue weighted by Crippen LogP contribution is 2.62. The average Bonchev–Trinajstić information content (AvgIpc) is 2.61. The van der Waals surface area contributed by atoms with Crippen molar-refractivity contribution in [1.29, 1.82) is 0 Å². The smallest absolute Gasteiger partial charge is 0.337 e. The van der Waals surface area contributed by atoms with Gasteiger partial charge in [0.05, 0.1) is 12.7 Å². The molecule has 1 aromatic rings. The van der Waals surface area contributed by atoms with Gasteiger partial charge in [-0.25, -0.2) is 4.79 Å². The van der Waals surface area contributed by atoms with Crippen LogP contribution in [0.4, 0.5) is 0 Å². The number of rotatable bonds is 6. The van der Waals surface area contributed by atoms with Crippen LogP contribution in [-0.4, -0.2) is 31.1 Å². The van der Waals surface area contributed by atoms with Crippen LogP contribution >= 0.6 is 0 Å². The molecular weight excluding hydrogens is 322 g/mol. The van der Waals surface area contributed by atoms with Gasteiger partial charge in [-0.2, -0.15) is 0 Å². The highest BCUT2D eigenvalue weighted by Gasteiger charge is 2.54. The Labute approximate surface area is 158 Å². The molecule has 0 aromatic heterocycles. The molecule has 4 bridgehead atoms. The number of carbonyl (C=O) groups excluding carboxylic acids is 1. The van der Waals surface area contributed by atoms with Gasteiger partial charge in [0.2, 0.25) is 0 Å². The summed E-state index contributed by atoms with van der Waals surface area (Å²) in [6.07, 6.45) is 10.1. The zero-order valence-electron chi connectivity index (χ0n) is 16.5. The molecule has 142 valence electrons. The lowest BCUT2D eigenvalue weighted by Gasteiger charge is -2.61. The fourth-order valence-electron chi connectivity index (χ4n) is 7.06. The van der Waals surface area contributed by atoms with Gasteiger partial charge in [-0.3, -0.25) is 4.90 Å². The average molecular weight is 356 g/mol. The molecule has 3 nitrogen and oxygen atoms in total. The van der Waals surface area contributed by atoms with E-state index in [1.54, 1.807) is 0 Å². The van der Waals surface area contributed by atoms with Gasteiger partial charge in [-0.1, -0.05) is 19.1 Å². The monoisotopic (exact) mass is 355 g/mol. The van der Waals surface area contributed by atoms with Gasteiger partial charge < -0.3 is 4.74 Å². The number of hydrogen-bond donors (Lipinski definition) is 0. The molecule has 0 N–H and O–H groups in total. The molecule has 0 aliphatic heterocycles. The fraction of sp³-hybridized carbons (Fsp3) is 0.696. The topological polar surface area (TPSA) is 29.5 Å². The Kier molecular flexibility index (Phi) is 4.85. The first kappa shape index (κ1) is 18.0. The lowest BCUT2D eigenvalue weighted by atomic mass is 9.47. The maximum absolute atomic E-state index is 11.6. The minimum absolute atomic E-state index is 0.259. The van der Waals surface area contributed by atoms with E-state index in [0.717, 1.165) is 24.3 Å². The van der Waals surface area contributed by atoms with Crippen LogP contribution in [0.15, 0.2) is 24.3 Å². The largest absolute Gasteiger partial charge is 0.465 e. The summed E-state index contributed by atoms with van der Waals surface area (Å²) in [7, 11) is 3.74. The van der Waals surface area contributed by atoms with Crippen molar-refractivity contribution in [3.63, 3.8) is 0 Å². The maximum atomic E-state index is 11.6. The third kappa shape index (κ3) is 3.19. The van der Waals surface area contributed by atoms with Gasteiger partial charge in [0.1, 0.15) is 0 Å². The van der Waals surface area contributed by atoms with E-state index >= 15 is 0 Å². The first-order valence-electron chi connectivity index (χ1n) is 10.4. The molecule has 1 atom stereocenters. The van der Waals surface area contributed by atoms with Gasteiger partial charge >= 0.3 is 5.97 Å². The molecule has 0 heterocycles. The summed E-state index contributed by atoms with van der Waals surface area (Å²) in [5.74, 6) is 2.75. The maximum Gasteiger partial charge on any atom is 0.337 e. The summed E-state index contributed by atoms with van der Waals surface area (Å²) in [5.41, 5.74) is 2.47. The van der Waals surface area contributed by atoms with E-state index in [0.29, 0.717) is 17.0 Å². The summed E-state index contributed by atoms with van der Waals surface area (Å²) in [6.45, 7) is 3.34. The Balaban J connectivity index is 1.48. The molecule has 4 aliphatic rings. The summed E-state index contributed by atoms with van der Waals surface area (Å²) in [4.78, 5) is 14.2. The van der Waals surface area contributed by atoms with Gasteiger partial charge in [-0.15, -0.1) is 0 Å². The van der Waals surface area contributed by atoms with Crippen LogP contribution in [0.3, 0.4) is 0 Å². The molecule has 26 heavy (non-hydrogen) atoms. The molecule has 4 aliphatic carbocycles. The van der Waals surface area contributed by atoms with Crippen molar-refractivity contribution in [3.8, 4) is 0 Å². The Morgan fingerprint density at radius 1 is 1.12 bits per heavy atom. The predicted molar refractivity (Wildman–Crippen MR) is 104 cm³/mol.